The van der Waals surface area contributed by atoms with Crippen LogP contribution in [0.4, 0.5) is 0 Å². The second-order valence-corrected chi connectivity index (χ2v) is 13.2. The van der Waals surface area contributed by atoms with Gasteiger partial charge in [0.15, 0.2) is 0 Å². The molecule has 6 nitrogen and oxygen atoms in total. The van der Waals surface area contributed by atoms with Crippen LogP contribution in [-0.4, -0.2) is 47.1 Å². The van der Waals surface area contributed by atoms with Crippen molar-refractivity contribution in [1.29, 1.82) is 0 Å². The number of amides is 1. The van der Waals surface area contributed by atoms with Crippen LogP contribution in [0.1, 0.15) is 49.7 Å². The Hall–Kier alpha value is -2.29. The van der Waals surface area contributed by atoms with Crippen LogP contribution in [0, 0.1) is 18.8 Å². The fraction of sp³-hybridized carbons (Fsp3) is 0.481. The maximum atomic E-state index is 14.1. The molecule has 3 aromatic rings. The number of fused-ring (bicyclic) bond motifs is 2. The highest BCUT2D eigenvalue weighted by molar-refractivity contribution is 7.89. The van der Waals surface area contributed by atoms with Gasteiger partial charge in [-0.25, -0.2) is 13.4 Å². The molecule has 1 aromatic heterocycles. The second kappa shape index (κ2) is 8.98. The zero-order valence-electron chi connectivity index (χ0n) is 20.0. The summed E-state index contributed by atoms with van der Waals surface area (Å²) in [6, 6.07) is 12.7. The third-order valence-electron chi connectivity index (χ3n) is 8.10. The molecule has 1 saturated heterocycles. The summed E-state index contributed by atoms with van der Waals surface area (Å²) in [7, 11) is -3.73. The van der Waals surface area contributed by atoms with Crippen LogP contribution in [0.5, 0.6) is 0 Å². The third-order valence-corrected chi connectivity index (χ3v) is 10.8. The molecule has 184 valence electrons. The number of carbonyl (C=O) groups excluding carboxylic acids is 1. The molecule has 2 aliphatic carbocycles. The molecule has 2 saturated carbocycles. The number of aromatic nitrogens is 1. The zero-order chi connectivity index (χ0) is 24.2. The SMILES string of the molecule is Cc1ccc(S(=O)(=O)N2CCC[C@H]2C(=O)N(Cc2ccc3scnc3c2)[C@H]2CC[C@H]3C[C@H]3C2)cc1. The molecule has 0 radical (unpaired) electrons. The monoisotopic (exact) mass is 509 g/mol. The molecule has 2 heterocycles. The van der Waals surface area contributed by atoms with Crippen molar-refractivity contribution < 1.29 is 13.2 Å². The molecule has 8 heteroatoms. The van der Waals surface area contributed by atoms with Crippen molar-refractivity contribution >= 4 is 37.5 Å². The number of carbonyl (C=O) groups is 1. The molecule has 0 N–H and O–H groups in total. The van der Waals surface area contributed by atoms with E-state index in [-0.39, 0.29) is 16.8 Å². The van der Waals surface area contributed by atoms with Gasteiger partial charge in [-0.15, -0.1) is 11.3 Å². The maximum absolute atomic E-state index is 14.1. The van der Waals surface area contributed by atoms with Gasteiger partial charge < -0.3 is 4.90 Å². The van der Waals surface area contributed by atoms with E-state index in [9.17, 15) is 13.2 Å². The summed E-state index contributed by atoms with van der Waals surface area (Å²) in [5.41, 5.74) is 4.87. The van der Waals surface area contributed by atoms with Gasteiger partial charge >= 0.3 is 0 Å². The van der Waals surface area contributed by atoms with E-state index < -0.39 is 16.1 Å². The molecule has 4 atom stereocenters. The van der Waals surface area contributed by atoms with Gasteiger partial charge in [0.2, 0.25) is 15.9 Å². The first-order valence-electron chi connectivity index (χ1n) is 12.6. The van der Waals surface area contributed by atoms with Crippen LogP contribution in [-0.2, 0) is 21.4 Å². The molecule has 3 fully saturated rings. The van der Waals surface area contributed by atoms with Gasteiger partial charge in [-0.2, -0.15) is 4.31 Å². The Bertz CT molecular complexity index is 1350. The van der Waals surface area contributed by atoms with Crippen molar-refractivity contribution in [2.24, 2.45) is 11.8 Å². The largest absolute Gasteiger partial charge is 0.334 e. The number of rotatable bonds is 6. The van der Waals surface area contributed by atoms with E-state index in [2.05, 4.69) is 23.2 Å². The number of hydrogen-bond acceptors (Lipinski definition) is 5. The Morgan fingerprint density at radius 2 is 1.91 bits per heavy atom. The Morgan fingerprint density at radius 3 is 2.71 bits per heavy atom. The number of benzene rings is 2. The summed E-state index contributed by atoms with van der Waals surface area (Å²) in [4.78, 5) is 20.9. The van der Waals surface area contributed by atoms with Crippen molar-refractivity contribution in [1.82, 2.24) is 14.2 Å². The second-order valence-electron chi connectivity index (χ2n) is 10.4. The highest BCUT2D eigenvalue weighted by Crippen LogP contribution is 2.50. The molecule has 0 spiro atoms. The van der Waals surface area contributed by atoms with E-state index in [0.717, 1.165) is 46.0 Å². The van der Waals surface area contributed by atoms with E-state index in [0.29, 0.717) is 25.9 Å². The number of aryl methyl sites for hydroxylation is 1. The van der Waals surface area contributed by atoms with Crippen LogP contribution >= 0.6 is 11.3 Å². The van der Waals surface area contributed by atoms with Crippen molar-refractivity contribution in [3.8, 4) is 0 Å². The van der Waals surface area contributed by atoms with Gasteiger partial charge in [0, 0.05) is 19.1 Å². The van der Waals surface area contributed by atoms with Crippen molar-refractivity contribution in [3.63, 3.8) is 0 Å². The molecule has 3 aliphatic rings. The van der Waals surface area contributed by atoms with Gasteiger partial charge in [0.25, 0.3) is 0 Å². The van der Waals surface area contributed by atoms with Gasteiger partial charge in [-0.3, -0.25) is 4.79 Å². The fourth-order valence-electron chi connectivity index (χ4n) is 6.01. The summed E-state index contributed by atoms with van der Waals surface area (Å²) in [5.74, 6) is 1.51. The lowest BCUT2D eigenvalue weighted by Crippen LogP contribution is -2.51. The molecular formula is C27H31N3O3S2. The Kier molecular flexibility index (Phi) is 5.93. The number of hydrogen-bond donors (Lipinski definition) is 0. The number of thiazole rings is 1. The minimum absolute atomic E-state index is 0.0411. The Labute approximate surface area is 211 Å². The zero-order valence-corrected chi connectivity index (χ0v) is 21.6. The van der Waals surface area contributed by atoms with E-state index in [1.54, 1.807) is 23.5 Å². The first-order chi connectivity index (χ1) is 16.9. The Morgan fingerprint density at radius 1 is 1.09 bits per heavy atom. The summed E-state index contributed by atoms with van der Waals surface area (Å²) in [6.45, 7) is 2.83. The van der Waals surface area contributed by atoms with Crippen LogP contribution in [0.3, 0.4) is 0 Å². The molecule has 6 rings (SSSR count). The van der Waals surface area contributed by atoms with Crippen molar-refractivity contribution in [2.75, 3.05) is 6.54 Å². The lowest BCUT2D eigenvalue weighted by Gasteiger charge is -2.37. The lowest BCUT2D eigenvalue weighted by molar-refractivity contribution is -0.138. The predicted molar refractivity (Wildman–Crippen MR) is 137 cm³/mol. The number of nitrogens with zero attached hydrogens (tertiary/aromatic N) is 3. The average Bonchev–Trinajstić information content (AvgIpc) is 3.22. The lowest BCUT2D eigenvalue weighted by atomic mass is 9.93. The minimum atomic E-state index is -3.73. The first kappa shape index (κ1) is 23.1. The maximum Gasteiger partial charge on any atom is 0.243 e. The smallest absolute Gasteiger partial charge is 0.243 e. The third kappa shape index (κ3) is 4.41. The van der Waals surface area contributed by atoms with E-state index in [1.807, 2.05) is 29.5 Å². The summed E-state index contributed by atoms with van der Waals surface area (Å²) in [5, 5.41) is 0. The van der Waals surface area contributed by atoms with Gasteiger partial charge in [0.1, 0.15) is 6.04 Å². The van der Waals surface area contributed by atoms with E-state index in [1.165, 1.54) is 17.1 Å². The van der Waals surface area contributed by atoms with Crippen LogP contribution in [0.2, 0.25) is 0 Å². The van der Waals surface area contributed by atoms with Gasteiger partial charge in [-0.05, 0) is 87.1 Å². The van der Waals surface area contributed by atoms with E-state index in [4.69, 9.17) is 0 Å². The summed E-state index contributed by atoms with van der Waals surface area (Å²) >= 11 is 1.61. The van der Waals surface area contributed by atoms with E-state index >= 15 is 0 Å². The normalized spacial score (nSPS) is 26.5. The molecule has 0 bridgehead atoms. The quantitative estimate of drug-likeness (QED) is 0.470. The molecule has 1 aliphatic heterocycles. The summed E-state index contributed by atoms with van der Waals surface area (Å²) < 4.78 is 29.7. The standard InChI is InChI=1S/C27H31N3O3S2/c1-18-4-9-23(10-5-18)35(32,33)30-12-2-3-25(30)27(31)29(22-8-7-20-14-21(20)15-22)16-19-6-11-26-24(13-19)28-17-34-26/h4-6,9-11,13,17,20-22,25H,2-3,7-8,12,14-16H2,1H3/t20-,21-,22-,25-/m0/s1. The molecule has 1 amide bonds. The van der Waals surface area contributed by atoms with Crippen LogP contribution in [0.25, 0.3) is 10.2 Å². The molecule has 0 unspecified atom stereocenters. The van der Waals surface area contributed by atoms with Crippen molar-refractivity contribution in [3.05, 3.63) is 59.1 Å². The minimum Gasteiger partial charge on any atom is -0.334 e. The van der Waals surface area contributed by atoms with Gasteiger partial charge in [0.05, 0.1) is 20.6 Å². The highest BCUT2D eigenvalue weighted by Gasteiger charge is 2.47. The van der Waals surface area contributed by atoms with Gasteiger partial charge in [-0.1, -0.05) is 23.8 Å². The fourth-order valence-corrected chi connectivity index (χ4v) is 8.32. The Balaban J connectivity index is 1.30. The molecular weight excluding hydrogens is 478 g/mol. The van der Waals surface area contributed by atoms with Crippen LogP contribution < -0.4 is 0 Å². The highest BCUT2D eigenvalue weighted by atomic mass is 32.2. The molecule has 2 aromatic carbocycles. The average molecular weight is 510 g/mol. The number of sulfonamides is 1. The molecule has 35 heavy (non-hydrogen) atoms. The topological polar surface area (TPSA) is 70.6 Å². The predicted octanol–water partition coefficient (Wildman–Crippen LogP) is 4.98. The summed E-state index contributed by atoms with van der Waals surface area (Å²) in [6.07, 6.45) is 5.76. The van der Waals surface area contributed by atoms with Crippen molar-refractivity contribution in [2.45, 2.75) is 69.0 Å². The first-order valence-corrected chi connectivity index (χ1v) is 14.9. The van der Waals surface area contributed by atoms with Crippen LogP contribution in [0.15, 0.2) is 52.9 Å².